The second kappa shape index (κ2) is 4.97. The van der Waals surface area contributed by atoms with Crippen molar-refractivity contribution < 1.29 is 4.79 Å². The van der Waals surface area contributed by atoms with Gasteiger partial charge in [0.1, 0.15) is 0 Å². The van der Waals surface area contributed by atoms with Gasteiger partial charge in [-0.2, -0.15) is 5.10 Å². The third-order valence-electron chi connectivity index (χ3n) is 2.39. The molecule has 0 saturated heterocycles. The lowest BCUT2D eigenvalue weighted by Crippen LogP contribution is -2.23. The molecule has 0 aliphatic carbocycles. The number of nitrogens with one attached hydrogen (secondary N) is 2. The maximum atomic E-state index is 11.8. The number of hydrogen-bond donors (Lipinski definition) is 2. The predicted molar refractivity (Wildman–Crippen MR) is 63.7 cm³/mol. The molecule has 0 aliphatic heterocycles. The minimum absolute atomic E-state index is 0.224. The lowest BCUT2D eigenvalue weighted by atomic mass is 10.2. The van der Waals surface area contributed by atoms with Crippen molar-refractivity contribution >= 4 is 17.5 Å². The summed E-state index contributed by atoms with van der Waals surface area (Å²) in [5, 5.41) is 9.80. The van der Waals surface area contributed by atoms with Crippen molar-refractivity contribution in [3.05, 3.63) is 46.5 Å². The van der Waals surface area contributed by atoms with Gasteiger partial charge in [0.25, 0.3) is 5.91 Å². The number of nitrogens with zero attached hydrogens (tertiary/aromatic N) is 2. The van der Waals surface area contributed by atoms with Crippen LogP contribution in [0.15, 0.2) is 24.7 Å². The van der Waals surface area contributed by atoms with Crippen LogP contribution in [0.2, 0.25) is 5.02 Å². The predicted octanol–water partition coefficient (Wildman–Crippen LogP) is 1.70. The van der Waals surface area contributed by atoms with Crippen molar-refractivity contribution in [2.24, 2.45) is 0 Å². The van der Waals surface area contributed by atoms with Gasteiger partial charge in [-0.05, 0) is 13.0 Å². The maximum absolute atomic E-state index is 11.8. The van der Waals surface area contributed by atoms with Crippen LogP contribution in [0.3, 0.4) is 0 Å². The van der Waals surface area contributed by atoms with Gasteiger partial charge in [-0.15, -0.1) is 0 Å². The van der Waals surface area contributed by atoms with Crippen LogP contribution in [0.4, 0.5) is 0 Å². The molecule has 2 rings (SSSR count). The molecule has 0 aromatic carbocycles. The number of aromatic nitrogens is 3. The third-order valence-corrected chi connectivity index (χ3v) is 2.69. The van der Waals surface area contributed by atoms with Gasteiger partial charge in [0.2, 0.25) is 0 Å². The van der Waals surface area contributed by atoms with Gasteiger partial charge >= 0.3 is 0 Å². The average Bonchev–Trinajstić information content (AvgIpc) is 2.72. The van der Waals surface area contributed by atoms with Gasteiger partial charge in [-0.25, -0.2) is 0 Å². The Morgan fingerprint density at radius 1 is 1.53 bits per heavy atom. The molecule has 0 aliphatic rings. The molecule has 0 atom stereocenters. The molecular formula is C11H11ClN4O. The van der Waals surface area contributed by atoms with Crippen molar-refractivity contribution in [3.8, 4) is 0 Å². The average molecular weight is 251 g/mol. The number of amides is 1. The van der Waals surface area contributed by atoms with Gasteiger partial charge in [0.15, 0.2) is 0 Å². The molecule has 1 amide bonds. The molecule has 6 heteroatoms. The summed E-state index contributed by atoms with van der Waals surface area (Å²) in [6, 6.07) is 1.58. The molecule has 88 valence electrons. The van der Waals surface area contributed by atoms with Crippen molar-refractivity contribution in [1.29, 1.82) is 0 Å². The molecule has 2 heterocycles. The second-order valence-electron chi connectivity index (χ2n) is 3.56. The Bertz CT molecular complexity index is 538. The van der Waals surface area contributed by atoms with E-state index in [0.717, 1.165) is 11.3 Å². The van der Waals surface area contributed by atoms with Crippen LogP contribution in [-0.2, 0) is 6.54 Å². The van der Waals surface area contributed by atoms with E-state index in [0.29, 0.717) is 17.1 Å². The van der Waals surface area contributed by atoms with Crippen LogP contribution < -0.4 is 5.32 Å². The minimum Gasteiger partial charge on any atom is -0.348 e. The lowest BCUT2D eigenvalue weighted by molar-refractivity contribution is 0.0951. The number of rotatable bonds is 3. The first kappa shape index (κ1) is 11.6. The van der Waals surface area contributed by atoms with E-state index in [1.54, 1.807) is 12.3 Å². The summed E-state index contributed by atoms with van der Waals surface area (Å²) in [4.78, 5) is 15.6. The minimum atomic E-state index is -0.224. The van der Waals surface area contributed by atoms with E-state index in [1.165, 1.54) is 12.4 Å². The van der Waals surface area contributed by atoms with Gasteiger partial charge in [0, 0.05) is 30.2 Å². The summed E-state index contributed by atoms with van der Waals surface area (Å²) in [6.07, 6.45) is 4.66. The highest BCUT2D eigenvalue weighted by Crippen LogP contribution is 2.13. The number of H-pyrrole nitrogens is 1. The zero-order chi connectivity index (χ0) is 12.3. The number of aryl methyl sites for hydroxylation is 1. The number of hydrogen-bond acceptors (Lipinski definition) is 3. The van der Waals surface area contributed by atoms with Gasteiger partial charge < -0.3 is 5.32 Å². The molecule has 2 aromatic rings. The Morgan fingerprint density at radius 3 is 3.00 bits per heavy atom. The fourth-order valence-electron chi connectivity index (χ4n) is 1.38. The first-order valence-corrected chi connectivity index (χ1v) is 5.43. The monoisotopic (exact) mass is 250 g/mol. The standard InChI is InChI=1S/C11H11ClN4O/c1-7-8(5-15-16-7)4-14-11(17)9-2-3-13-6-10(9)12/h2-3,5-6H,4H2,1H3,(H,14,17)(H,15,16). The lowest BCUT2D eigenvalue weighted by Gasteiger charge is -2.05. The Balaban J connectivity index is 2.04. The molecule has 2 aromatic heterocycles. The SMILES string of the molecule is Cc1[nH]ncc1CNC(=O)c1ccncc1Cl. The summed E-state index contributed by atoms with van der Waals surface area (Å²) in [7, 11) is 0. The number of carbonyl (C=O) groups excluding carboxylic acids is 1. The summed E-state index contributed by atoms with van der Waals surface area (Å²) in [5.41, 5.74) is 2.30. The number of aromatic amines is 1. The van der Waals surface area contributed by atoms with Crippen molar-refractivity contribution in [1.82, 2.24) is 20.5 Å². The fraction of sp³-hybridized carbons (Fsp3) is 0.182. The number of halogens is 1. The molecule has 0 saturated carbocycles. The van der Waals surface area contributed by atoms with Crippen molar-refractivity contribution in [3.63, 3.8) is 0 Å². The molecule has 2 N–H and O–H groups in total. The normalized spacial score (nSPS) is 10.2. The summed E-state index contributed by atoms with van der Waals surface area (Å²) >= 11 is 5.87. The van der Waals surface area contributed by atoms with E-state index >= 15 is 0 Å². The van der Waals surface area contributed by atoms with E-state index in [9.17, 15) is 4.79 Å². The Hall–Kier alpha value is -1.88. The molecule has 0 fully saturated rings. The number of pyridine rings is 1. The van der Waals surface area contributed by atoms with Gasteiger partial charge in [-0.1, -0.05) is 11.6 Å². The zero-order valence-electron chi connectivity index (χ0n) is 9.20. The van der Waals surface area contributed by atoms with Crippen molar-refractivity contribution in [2.45, 2.75) is 13.5 Å². The largest absolute Gasteiger partial charge is 0.348 e. The quantitative estimate of drug-likeness (QED) is 0.871. The fourth-order valence-corrected chi connectivity index (χ4v) is 1.59. The molecular weight excluding hydrogens is 240 g/mol. The van der Waals surface area contributed by atoms with Gasteiger partial charge in [0.05, 0.1) is 16.8 Å². The first-order chi connectivity index (χ1) is 8.18. The topological polar surface area (TPSA) is 70.7 Å². The van der Waals surface area contributed by atoms with E-state index in [2.05, 4.69) is 20.5 Å². The van der Waals surface area contributed by atoms with E-state index in [1.807, 2.05) is 6.92 Å². The smallest absolute Gasteiger partial charge is 0.253 e. The summed E-state index contributed by atoms with van der Waals surface area (Å²) < 4.78 is 0. The van der Waals surface area contributed by atoms with Crippen molar-refractivity contribution in [2.75, 3.05) is 0 Å². The first-order valence-electron chi connectivity index (χ1n) is 5.05. The van der Waals surface area contributed by atoms with Crippen LogP contribution in [0, 0.1) is 6.92 Å². The zero-order valence-corrected chi connectivity index (χ0v) is 9.95. The molecule has 0 bridgehead atoms. The third kappa shape index (κ3) is 2.62. The maximum Gasteiger partial charge on any atom is 0.253 e. The Kier molecular flexibility index (Phi) is 3.39. The second-order valence-corrected chi connectivity index (χ2v) is 3.97. The van der Waals surface area contributed by atoms with Crippen LogP contribution in [0.25, 0.3) is 0 Å². The van der Waals surface area contributed by atoms with E-state index in [4.69, 9.17) is 11.6 Å². The molecule has 5 nitrogen and oxygen atoms in total. The highest BCUT2D eigenvalue weighted by atomic mass is 35.5. The molecule has 0 radical (unpaired) electrons. The van der Waals surface area contributed by atoms with Crippen LogP contribution >= 0.6 is 11.6 Å². The van der Waals surface area contributed by atoms with E-state index < -0.39 is 0 Å². The summed E-state index contributed by atoms with van der Waals surface area (Å²) in [6.45, 7) is 2.31. The Morgan fingerprint density at radius 2 is 2.35 bits per heavy atom. The van der Waals surface area contributed by atoms with E-state index in [-0.39, 0.29) is 5.91 Å². The summed E-state index contributed by atoms with van der Waals surface area (Å²) in [5.74, 6) is -0.224. The Labute approximate surface area is 103 Å². The van der Waals surface area contributed by atoms with Crippen LogP contribution in [0.5, 0.6) is 0 Å². The van der Waals surface area contributed by atoms with Gasteiger partial charge in [-0.3, -0.25) is 14.9 Å². The number of carbonyl (C=O) groups is 1. The molecule has 17 heavy (non-hydrogen) atoms. The van der Waals surface area contributed by atoms with Crippen LogP contribution in [0.1, 0.15) is 21.6 Å². The molecule has 0 unspecified atom stereocenters. The molecule has 0 spiro atoms. The van der Waals surface area contributed by atoms with Crippen LogP contribution in [-0.4, -0.2) is 21.1 Å². The highest BCUT2D eigenvalue weighted by molar-refractivity contribution is 6.33. The highest BCUT2D eigenvalue weighted by Gasteiger charge is 2.10.